The van der Waals surface area contributed by atoms with E-state index in [1.165, 1.54) is 4.90 Å². The smallest absolute Gasteiger partial charge is 0.339 e. The molecule has 0 aliphatic rings. The lowest BCUT2D eigenvalue weighted by Gasteiger charge is -2.23. The molecule has 6 heteroatoms. The molecule has 0 aliphatic carbocycles. The van der Waals surface area contributed by atoms with Crippen LogP contribution in [0.1, 0.15) is 36.7 Å². The number of amides is 1. The molecule has 0 saturated carbocycles. The highest BCUT2D eigenvalue weighted by Crippen LogP contribution is 2.32. The first kappa shape index (κ1) is 16.5. The predicted molar refractivity (Wildman–Crippen MR) is 67.8 cm³/mol. The zero-order chi connectivity index (χ0) is 15.5. The number of carbonyl (C=O) groups is 1. The van der Waals surface area contributed by atoms with Gasteiger partial charge in [-0.25, -0.2) is 4.39 Å². The van der Waals surface area contributed by atoms with Gasteiger partial charge >= 0.3 is 6.18 Å². The van der Waals surface area contributed by atoms with Gasteiger partial charge in [0.05, 0.1) is 5.56 Å². The van der Waals surface area contributed by atoms with E-state index in [1.54, 1.807) is 6.92 Å². The van der Waals surface area contributed by atoms with Crippen molar-refractivity contribution in [3.05, 3.63) is 35.1 Å². The summed E-state index contributed by atoms with van der Waals surface area (Å²) in [5.74, 6) is -1.70. The average molecular weight is 291 g/mol. The number of benzene rings is 1. The van der Waals surface area contributed by atoms with Gasteiger partial charge in [0, 0.05) is 18.7 Å². The molecule has 0 radical (unpaired) electrons. The van der Waals surface area contributed by atoms with Crippen LogP contribution in [0.25, 0.3) is 0 Å². The lowest BCUT2D eigenvalue weighted by molar-refractivity contribution is -0.140. The highest BCUT2D eigenvalue weighted by Gasteiger charge is 2.35. The van der Waals surface area contributed by atoms with Crippen molar-refractivity contribution in [2.45, 2.75) is 26.9 Å². The second kappa shape index (κ2) is 6.24. The molecule has 0 N–H and O–H groups in total. The van der Waals surface area contributed by atoms with Gasteiger partial charge in [0.15, 0.2) is 0 Å². The first-order chi connectivity index (χ1) is 9.16. The third-order valence-corrected chi connectivity index (χ3v) is 2.77. The van der Waals surface area contributed by atoms with Gasteiger partial charge in [-0.3, -0.25) is 4.79 Å². The van der Waals surface area contributed by atoms with Gasteiger partial charge < -0.3 is 4.90 Å². The molecular formula is C14H17F4NO. The zero-order valence-electron chi connectivity index (χ0n) is 11.6. The Morgan fingerprint density at radius 2 is 1.90 bits per heavy atom. The maximum atomic E-state index is 13.2. The summed E-state index contributed by atoms with van der Waals surface area (Å²) in [5.41, 5.74) is -1.56. The maximum Gasteiger partial charge on any atom is 0.419 e. The monoisotopic (exact) mass is 291 g/mol. The lowest BCUT2D eigenvalue weighted by atomic mass is 10.1. The summed E-state index contributed by atoms with van der Waals surface area (Å²) in [7, 11) is 0. The minimum absolute atomic E-state index is 0.152. The molecule has 0 heterocycles. The van der Waals surface area contributed by atoms with Crippen LogP contribution >= 0.6 is 0 Å². The van der Waals surface area contributed by atoms with E-state index in [9.17, 15) is 22.4 Å². The van der Waals surface area contributed by atoms with Gasteiger partial charge in [-0.2, -0.15) is 13.2 Å². The van der Waals surface area contributed by atoms with Crippen LogP contribution in [-0.4, -0.2) is 23.9 Å². The molecule has 2 nitrogen and oxygen atoms in total. The van der Waals surface area contributed by atoms with E-state index in [0.717, 1.165) is 6.07 Å². The molecule has 0 atom stereocenters. The Hall–Kier alpha value is -1.59. The second-order valence-electron chi connectivity index (χ2n) is 4.93. The summed E-state index contributed by atoms with van der Waals surface area (Å²) in [6.07, 6.45) is -4.81. The minimum atomic E-state index is -4.81. The molecule has 112 valence electrons. The Morgan fingerprint density at radius 1 is 1.30 bits per heavy atom. The van der Waals surface area contributed by atoms with Crippen LogP contribution in [-0.2, 0) is 6.18 Å². The largest absolute Gasteiger partial charge is 0.419 e. The molecule has 0 bridgehead atoms. The summed E-state index contributed by atoms with van der Waals surface area (Å²) < 4.78 is 51.0. The van der Waals surface area contributed by atoms with Crippen molar-refractivity contribution in [2.75, 3.05) is 13.1 Å². The van der Waals surface area contributed by atoms with E-state index in [0.29, 0.717) is 25.2 Å². The van der Waals surface area contributed by atoms with Gasteiger partial charge in [0.1, 0.15) is 5.82 Å². The Bertz CT molecular complexity index is 483. The number of rotatable bonds is 4. The van der Waals surface area contributed by atoms with Crippen LogP contribution in [0.3, 0.4) is 0 Å². The molecule has 1 rings (SSSR count). The number of carbonyl (C=O) groups excluding carboxylic acids is 1. The minimum Gasteiger partial charge on any atom is -0.339 e. The third kappa shape index (κ3) is 3.95. The summed E-state index contributed by atoms with van der Waals surface area (Å²) in [6.45, 7) is 6.38. The lowest BCUT2D eigenvalue weighted by Crippen LogP contribution is -2.34. The molecule has 0 spiro atoms. The quantitative estimate of drug-likeness (QED) is 0.769. The fourth-order valence-electron chi connectivity index (χ4n) is 1.85. The first-order valence-corrected chi connectivity index (χ1v) is 6.32. The number of hydrogen-bond donors (Lipinski definition) is 0. The van der Waals surface area contributed by atoms with Crippen molar-refractivity contribution < 1.29 is 22.4 Å². The van der Waals surface area contributed by atoms with Crippen molar-refractivity contribution >= 4 is 5.91 Å². The summed E-state index contributed by atoms with van der Waals surface area (Å²) in [6, 6.07) is 2.33. The fraction of sp³-hybridized carbons (Fsp3) is 0.500. The van der Waals surface area contributed by atoms with Crippen LogP contribution < -0.4 is 0 Å². The standard InChI is InChI=1S/C14H17F4NO/c1-4-19(8-9(2)3)13(20)10-5-6-12(15)11(7-10)14(16,17)18/h5-7,9H,4,8H2,1-3H3. The van der Waals surface area contributed by atoms with E-state index >= 15 is 0 Å². The van der Waals surface area contributed by atoms with Crippen molar-refractivity contribution in [1.29, 1.82) is 0 Å². The fourth-order valence-corrected chi connectivity index (χ4v) is 1.85. The van der Waals surface area contributed by atoms with Crippen LogP contribution in [0.2, 0.25) is 0 Å². The van der Waals surface area contributed by atoms with E-state index in [1.807, 2.05) is 13.8 Å². The van der Waals surface area contributed by atoms with Gasteiger partial charge in [-0.1, -0.05) is 13.8 Å². The Morgan fingerprint density at radius 3 is 2.35 bits per heavy atom. The summed E-state index contributed by atoms with van der Waals surface area (Å²) in [4.78, 5) is 13.6. The normalized spacial score (nSPS) is 11.8. The molecular weight excluding hydrogens is 274 g/mol. The van der Waals surface area contributed by atoms with E-state index in [4.69, 9.17) is 0 Å². The van der Waals surface area contributed by atoms with Crippen LogP contribution in [0.5, 0.6) is 0 Å². The number of halogens is 4. The topological polar surface area (TPSA) is 20.3 Å². The Balaban J connectivity index is 3.10. The molecule has 0 aliphatic heterocycles. The van der Waals surface area contributed by atoms with Crippen LogP contribution in [0, 0.1) is 11.7 Å². The zero-order valence-corrected chi connectivity index (χ0v) is 11.6. The maximum absolute atomic E-state index is 13.2. The van der Waals surface area contributed by atoms with Crippen LogP contribution in [0.15, 0.2) is 18.2 Å². The number of alkyl halides is 3. The molecule has 0 unspecified atom stereocenters. The second-order valence-corrected chi connectivity index (χ2v) is 4.93. The first-order valence-electron chi connectivity index (χ1n) is 6.32. The third-order valence-electron chi connectivity index (χ3n) is 2.77. The highest BCUT2D eigenvalue weighted by molar-refractivity contribution is 5.94. The van der Waals surface area contributed by atoms with Gasteiger partial charge in [-0.15, -0.1) is 0 Å². The molecule has 1 amide bonds. The van der Waals surface area contributed by atoms with Crippen molar-refractivity contribution in [3.63, 3.8) is 0 Å². The van der Waals surface area contributed by atoms with Crippen molar-refractivity contribution in [1.82, 2.24) is 4.90 Å². The van der Waals surface area contributed by atoms with Crippen molar-refractivity contribution in [2.24, 2.45) is 5.92 Å². The molecule has 20 heavy (non-hydrogen) atoms. The van der Waals surface area contributed by atoms with Crippen LogP contribution in [0.4, 0.5) is 17.6 Å². The SMILES string of the molecule is CCN(CC(C)C)C(=O)c1ccc(F)c(C(F)(F)F)c1. The van der Waals surface area contributed by atoms with E-state index in [-0.39, 0.29) is 11.5 Å². The Kier molecular flexibility index (Phi) is 5.14. The van der Waals surface area contributed by atoms with Crippen molar-refractivity contribution in [3.8, 4) is 0 Å². The van der Waals surface area contributed by atoms with E-state index in [2.05, 4.69) is 0 Å². The van der Waals surface area contributed by atoms with Gasteiger partial charge in [-0.05, 0) is 31.0 Å². The highest BCUT2D eigenvalue weighted by atomic mass is 19.4. The molecule has 0 fully saturated rings. The summed E-state index contributed by atoms with van der Waals surface area (Å²) >= 11 is 0. The predicted octanol–water partition coefficient (Wildman–Crippen LogP) is 3.96. The average Bonchev–Trinajstić information content (AvgIpc) is 2.34. The molecule has 0 saturated heterocycles. The van der Waals surface area contributed by atoms with Gasteiger partial charge in [0.25, 0.3) is 5.91 Å². The summed E-state index contributed by atoms with van der Waals surface area (Å²) in [5, 5.41) is 0. The van der Waals surface area contributed by atoms with E-state index < -0.39 is 23.5 Å². The number of nitrogens with zero attached hydrogens (tertiary/aromatic N) is 1. The Labute approximate surface area is 115 Å². The molecule has 1 aromatic rings. The number of hydrogen-bond acceptors (Lipinski definition) is 1. The molecule has 1 aromatic carbocycles. The van der Waals surface area contributed by atoms with Gasteiger partial charge in [0.2, 0.25) is 0 Å². The molecule has 0 aromatic heterocycles.